The van der Waals surface area contributed by atoms with E-state index in [-0.39, 0.29) is 6.61 Å². The van der Waals surface area contributed by atoms with E-state index in [0.29, 0.717) is 19.7 Å². The van der Waals surface area contributed by atoms with Gasteiger partial charge in [-0.3, -0.25) is 9.69 Å². The van der Waals surface area contributed by atoms with Gasteiger partial charge in [-0.15, -0.1) is 0 Å². The first kappa shape index (κ1) is 17.8. The number of ether oxygens (including phenoxy) is 1. The van der Waals surface area contributed by atoms with Gasteiger partial charge in [0.15, 0.2) is 0 Å². The molecule has 1 N–H and O–H groups in total. The molecule has 8 heteroatoms. The van der Waals surface area contributed by atoms with Crippen molar-refractivity contribution in [1.29, 1.82) is 0 Å². The highest BCUT2D eigenvalue weighted by Gasteiger charge is 2.32. The number of carbonyl (C=O) groups is 1. The van der Waals surface area contributed by atoms with Gasteiger partial charge in [-0.25, -0.2) is 17.5 Å². The highest BCUT2D eigenvalue weighted by atomic mass is 32.2. The molecule has 2 rings (SSSR count). The van der Waals surface area contributed by atoms with E-state index in [1.54, 1.807) is 0 Å². The van der Waals surface area contributed by atoms with Crippen molar-refractivity contribution in [2.45, 2.75) is 30.7 Å². The van der Waals surface area contributed by atoms with E-state index >= 15 is 0 Å². The predicted octanol–water partition coefficient (Wildman–Crippen LogP) is 1.13. The fraction of sp³-hybridized carbons (Fsp3) is 0.533. The van der Waals surface area contributed by atoms with E-state index in [4.69, 9.17) is 4.74 Å². The second kappa shape index (κ2) is 7.85. The van der Waals surface area contributed by atoms with Crippen molar-refractivity contribution in [2.75, 3.05) is 26.3 Å². The molecule has 0 saturated carbocycles. The topological polar surface area (TPSA) is 75.7 Å². The van der Waals surface area contributed by atoms with E-state index < -0.39 is 32.7 Å². The first-order valence-electron chi connectivity index (χ1n) is 7.58. The van der Waals surface area contributed by atoms with Crippen LogP contribution in [0.4, 0.5) is 4.39 Å². The number of hydrogen-bond acceptors (Lipinski definition) is 5. The average molecular weight is 344 g/mol. The molecule has 23 heavy (non-hydrogen) atoms. The van der Waals surface area contributed by atoms with Crippen LogP contribution in [0.25, 0.3) is 0 Å². The maximum absolute atomic E-state index is 13.7. The van der Waals surface area contributed by atoms with Gasteiger partial charge in [-0.2, -0.15) is 0 Å². The van der Waals surface area contributed by atoms with Gasteiger partial charge in [0.05, 0.1) is 13.2 Å². The summed E-state index contributed by atoms with van der Waals surface area (Å²) in [5.74, 6) is -1.58. The molecule has 6 nitrogen and oxygen atoms in total. The van der Waals surface area contributed by atoms with Gasteiger partial charge in [0.25, 0.3) is 15.9 Å². The zero-order valence-corrected chi connectivity index (χ0v) is 13.8. The van der Waals surface area contributed by atoms with Gasteiger partial charge in [-0.1, -0.05) is 25.5 Å². The van der Waals surface area contributed by atoms with Crippen molar-refractivity contribution in [3.05, 3.63) is 30.1 Å². The summed E-state index contributed by atoms with van der Waals surface area (Å²) in [5.41, 5.74) is 0. The Balaban J connectivity index is 2.11. The van der Waals surface area contributed by atoms with Crippen molar-refractivity contribution in [1.82, 2.24) is 9.62 Å². The number of halogens is 1. The summed E-state index contributed by atoms with van der Waals surface area (Å²) in [4.78, 5) is 13.7. The number of benzene rings is 1. The van der Waals surface area contributed by atoms with Crippen LogP contribution in [0.15, 0.2) is 29.2 Å². The molecule has 1 fully saturated rings. The summed E-state index contributed by atoms with van der Waals surface area (Å²) >= 11 is 0. The fourth-order valence-electron chi connectivity index (χ4n) is 2.43. The van der Waals surface area contributed by atoms with Gasteiger partial charge in [0.2, 0.25) is 0 Å². The molecule has 1 unspecified atom stereocenters. The van der Waals surface area contributed by atoms with Crippen LogP contribution < -0.4 is 4.72 Å². The maximum Gasteiger partial charge on any atom is 0.267 e. The number of morpholine rings is 1. The number of carbonyl (C=O) groups excluding carboxylic acids is 1. The summed E-state index contributed by atoms with van der Waals surface area (Å²) in [6.45, 7) is 3.93. The first-order valence-corrected chi connectivity index (χ1v) is 9.07. The monoisotopic (exact) mass is 344 g/mol. The molecule has 0 aromatic heterocycles. The van der Waals surface area contributed by atoms with Gasteiger partial charge in [0, 0.05) is 6.54 Å². The lowest BCUT2D eigenvalue weighted by atomic mass is 10.2. The molecule has 1 aliphatic rings. The molecule has 1 atom stereocenters. The van der Waals surface area contributed by atoms with Gasteiger partial charge in [0.1, 0.15) is 16.8 Å². The Bertz CT molecular complexity index is 651. The molecule has 128 valence electrons. The zero-order valence-electron chi connectivity index (χ0n) is 13.0. The lowest BCUT2D eigenvalue weighted by molar-refractivity contribution is -0.130. The van der Waals surface area contributed by atoms with E-state index in [1.807, 2.05) is 16.5 Å². The number of nitrogens with one attached hydrogen (secondary N) is 1. The van der Waals surface area contributed by atoms with E-state index in [9.17, 15) is 17.6 Å². The van der Waals surface area contributed by atoms with Gasteiger partial charge < -0.3 is 4.74 Å². The molecule has 1 aliphatic heterocycles. The summed E-state index contributed by atoms with van der Waals surface area (Å²) in [6.07, 6.45) is 1.88. The Morgan fingerprint density at radius 1 is 1.43 bits per heavy atom. The van der Waals surface area contributed by atoms with E-state index in [1.165, 1.54) is 12.1 Å². The van der Waals surface area contributed by atoms with Crippen LogP contribution in [-0.2, 0) is 19.6 Å². The fourth-order valence-corrected chi connectivity index (χ4v) is 3.52. The second-order valence-corrected chi connectivity index (χ2v) is 7.03. The van der Waals surface area contributed by atoms with Crippen molar-refractivity contribution in [2.24, 2.45) is 0 Å². The molecule has 1 aromatic rings. The molecule has 0 radical (unpaired) electrons. The van der Waals surface area contributed by atoms with Crippen LogP contribution in [0.1, 0.15) is 19.8 Å². The van der Waals surface area contributed by atoms with Crippen LogP contribution >= 0.6 is 0 Å². The van der Waals surface area contributed by atoms with Crippen LogP contribution in [0, 0.1) is 5.82 Å². The first-order chi connectivity index (χ1) is 11.0. The number of amides is 1. The molecular formula is C15H21FN2O4S. The van der Waals surface area contributed by atoms with E-state index in [0.717, 1.165) is 25.0 Å². The normalized spacial score (nSPS) is 19.5. The lowest BCUT2D eigenvalue weighted by Crippen LogP contribution is -2.54. The van der Waals surface area contributed by atoms with Crippen LogP contribution in [-0.4, -0.2) is 51.6 Å². The summed E-state index contributed by atoms with van der Waals surface area (Å²) in [5, 5.41) is 0. The molecule has 0 spiro atoms. The van der Waals surface area contributed by atoms with Crippen molar-refractivity contribution in [3.63, 3.8) is 0 Å². The minimum Gasteiger partial charge on any atom is -0.378 e. The Morgan fingerprint density at radius 3 is 2.87 bits per heavy atom. The zero-order chi connectivity index (χ0) is 16.9. The minimum absolute atomic E-state index is 0.127. The largest absolute Gasteiger partial charge is 0.378 e. The highest BCUT2D eigenvalue weighted by Crippen LogP contribution is 2.15. The van der Waals surface area contributed by atoms with Gasteiger partial charge in [-0.05, 0) is 25.1 Å². The smallest absolute Gasteiger partial charge is 0.267 e. The summed E-state index contributed by atoms with van der Waals surface area (Å²) in [6, 6.07) is 4.27. The number of nitrogens with zero attached hydrogens (tertiary/aromatic N) is 1. The third-order valence-corrected chi connectivity index (χ3v) is 5.08. The lowest BCUT2D eigenvalue weighted by Gasteiger charge is -2.34. The maximum atomic E-state index is 13.7. The Labute approximate surface area is 135 Å². The minimum atomic E-state index is -4.24. The Hall–Kier alpha value is -1.51. The number of sulfonamides is 1. The SMILES string of the molecule is CCCCN1CCOCC1C(=O)NS(=O)(=O)c1ccccc1F. The molecular weight excluding hydrogens is 323 g/mol. The quantitative estimate of drug-likeness (QED) is 0.837. The van der Waals surface area contributed by atoms with Crippen LogP contribution in [0.3, 0.4) is 0 Å². The molecule has 0 bridgehead atoms. The van der Waals surface area contributed by atoms with Crippen molar-refractivity contribution in [3.8, 4) is 0 Å². The average Bonchev–Trinajstić information content (AvgIpc) is 2.53. The van der Waals surface area contributed by atoms with Crippen LogP contribution in [0.5, 0.6) is 0 Å². The number of rotatable bonds is 6. The Morgan fingerprint density at radius 2 is 2.17 bits per heavy atom. The highest BCUT2D eigenvalue weighted by molar-refractivity contribution is 7.90. The predicted molar refractivity (Wildman–Crippen MR) is 82.8 cm³/mol. The third kappa shape index (κ3) is 4.49. The molecule has 1 amide bonds. The number of unbranched alkanes of at least 4 members (excludes halogenated alkanes) is 1. The summed E-state index contributed by atoms with van der Waals surface area (Å²) in [7, 11) is -4.24. The standard InChI is InChI=1S/C15H21FN2O4S/c1-2-3-8-18-9-10-22-11-13(18)15(19)17-23(20,21)14-7-5-4-6-12(14)16/h4-7,13H,2-3,8-11H2,1H3,(H,17,19). The van der Waals surface area contributed by atoms with Crippen molar-refractivity contribution >= 4 is 15.9 Å². The Kier molecular flexibility index (Phi) is 6.09. The van der Waals surface area contributed by atoms with Crippen molar-refractivity contribution < 1.29 is 22.3 Å². The molecule has 1 saturated heterocycles. The molecule has 0 aliphatic carbocycles. The van der Waals surface area contributed by atoms with Crippen LogP contribution in [0.2, 0.25) is 0 Å². The molecule has 1 aromatic carbocycles. The molecule has 1 heterocycles. The second-order valence-electron chi connectivity index (χ2n) is 5.38. The van der Waals surface area contributed by atoms with Gasteiger partial charge >= 0.3 is 0 Å². The number of hydrogen-bond donors (Lipinski definition) is 1. The van der Waals surface area contributed by atoms with E-state index in [2.05, 4.69) is 0 Å². The summed E-state index contributed by atoms with van der Waals surface area (Å²) < 4.78 is 45.3. The third-order valence-electron chi connectivity index (χ3n) is 3.70.